The Labute approximate surface area is 136 Å². The van der Waals surface area contributed by atoms with Gasteiger partial charge in [0.2, 0.25) is 0 Å². The first-order valence-electron chi connectivity index (χ1n) is 6.50. The van der Waals surface area contributed by atoms with Crippen LogP contribution in [0.4, 0.5) is 0 Å². The summed E-state index contributed by atoms with van der Waals surface area (Å²) in [5, 5.41) is 2.78. The van der Waals surface area contributed by atoms with Crippen LogP contribution in [0.3, 0.4) is 0 Å². The minimum atomic E-state index is 0.165. The fourth-order valence-electron chi connectivity index (χ4n) is 2.05. The van der Waals surface area contributed by atoms with E-state index in [0.29, 0.717) is 0 Å². The molecule has 21 heavy (non-hydrogen) atoms. The topological polar surface area (TPSA) is 55.3 Å². The molecule has 7 heteroatoms. The molecule has 0 amide bonds. The van der Waals surface area contributed by atoms with Gasteiger partial charge in [-0.2, -0.15) is 0 Å². The number of imidazole rings is 1. The van der Waals surface area contributed by atoms with Gasteiger partial charge in [-0.15, -0.1) is 23.1 Å². The fourth-order valence-corrected chi connectivity index (χ4v) is 4.01. The van der Waals surface area contributed by atoms with Gasteiger partial charge in [0.1, 0.15) is 0 Å². The lowest BCUT2D eigenvalue weighted by Gasteiger charge is -2.14. The summed E-state index contributed by atoms with van der Waals surface area (Å²) in [6.07, 6.45) is 4.88. The Morgan fingerprint density at radius 3 is 3.14 bits per heavy atom. The van der Waals surface area contributed by atoms with E-state index < -0.39 is 0 Å². The maximum atomic E-state index is 5.99. The van der Waals surface area contributed by atoms with Gasteiger partial charge < -0.3 is 0 Å². The summed E-state index contributed by atoms with van der Waals surface area (Å²) < 4.78 is 2.04. The second kappa shape index (κ2) is 6.81. The quantitative estimate of drug-likeness (QED) is 0.411. The summed E-state index contributed by atoms with van der Waals surface area (Å²) in [6.45, 7) is 0. The van der Waals surface area contributed by atoms with Crippen molar-refractivity contribution >= 4 is 39.7 Å². The highest BCUT2D eigenvalue weighted by atomic mass is 35.5. The Bertz CT molecular complexity index is 696. The second-order valence-electron chi connectivity index (χ2n) is 4.66. The molecule has 0 saturated heterocycles. The highest BCUT2D eigenvalue weighted by Gasteiger charge is 2.12. The summed E-state index contributed by atoms with van der Waals surface area (Å²) in [4.78, 5) is 6.75. The van der Waals surface area contributed by atoms with Crippen LogP contribution in [0, 0.1) is 0 Å². The smallest absolute Gasteiger partial charge is 0.193 e. The Hall–Kier alpha value is -1.05. The highest BCUT2D eigenvalue weighted by molar-refractivity contribution is 7.99. The molecule has 1 aromatic carbocycles. The molecule has 3 rings (SSSR count). The molecule has 0 bridgehead atoms. The average molecular weight is 339 g/mol. The summed E-state index contributed by atoms with van der Waals surface area (Å²) in [5.74, 6) is 6.53. The fraction of sp³-hybridized carbons (Fsp3) is 0.214. The van der Waals surface area contributed by atoms with Gasteiger partial charge in [-0.3, -0.25) is 15.7 Å². The molecule has 0 fully saturated rings. The summed E-state index contributed by atoms with van der Waals surface area (Å²) in [6, 6.07) is 8.02. The number of thiazole rings is 1. The molecule has 2 heterocycles. The number of fused-ring (bicyclic) bond motifs is 1. The number of nitrogens with two attached hydrogens (primary N) is 1. The number of thioether (sulfide) groups is 1. The predicted octanol–water partition coefficient (Wildman–Crippen LogP) is 3.22. The van der Waals surface area contributed by atoms with Crippen molar-refractivity contribution in [3.05, 3.63) is 52.8 Å². The maximum absolute atomic E-state index is 5.99. The van der Waals surface area contributed by atoms with E-state index >= 15 is 0 Å². The van der Waals surface area contributed by atoms with Crippen molar-refractivity contribution in [3.8, 4) is 0 Å². The number of hydrazine groups is 1. The first-order chi connectivity index (χ1) is 10.2. The molecule has 0 aliphatic heterocycles. The first kappa shape index (κ1) is 14.9. The normalized spacial score (nSPS) is 12.9. The molecular weight excluding hydrogens is 324 g/mol. The maximum Gasteiger partial charge on any atom is 0.193 e. The molecule has 1 unspecified atom stereocenters. The Morgan fingerprint density at radius 2 is 2.38 bits per heavy atom. The zero-order valence-corrected chi connectivity index (χ0v) is 13.6. The van der Waals surface area contributed by atoms with E-state index in [2.05, 4.69) is 22.7 Å². The minimum absolute atomic E-state index is 0.165. The van der Waals surface area contributed by atoms with Crippen molar-refractivity contribution < 1.29 is 0 Å². The Balaban J connectivity index is 1.61. The molecular formula is C14H15ClN4S2. The van der Waals surface area contributed by atoms with Crippen LogP contribution in [0.5, 0.6) is 0 Å². The van der Waals surface area contributed by atoms with Crippen LogP contribution < -0.4 is 11.3 Å². The molecule has 0 saturated carbocycles. The molecule has 2 aromatic heterocycles. The van der Waals surface area contributed by atoms with E-state index in [1.54, 1.807) is 23.1 Å². The van der Waals surface area contributed by atoms with E-state index in [0.717, 1.165) is 32.7 Å². The standard InChI is InChI=1S/C14H15ClN4S2/c15-10-2-1-3-13(6-10)21-9-12(18-16)7-11-8-19-4-5-20-14(19)17-11/h1-6,8,12,18H,7,9,16H2. The molecule has 3 N–H and O–H groups in total. The second-order valence-corrected chi connectivity index (χ2v) is 7.06. The van der Waals surface area contributed by atoms with Gasteiger partial charge in [0, 0.05) is 45.9 Å². The van der Waals surface area contributed by atoms with Gasteiger partial charge in [0.05, 0.1) is 5.69 Å². The van der Waals surface area contributed by atoms with Crippen molar-refractivity contribution in [1.29, 1.82) is 0 Å². The Morgan fingerprint density at radius 1 is 1.48 bits per heavy atom. The molecule has 0 aliphatic rings. The molecule has 4 nitrogen and oxygen atoms in total. The number of halogens is 1. The van der Waals surface area contributed by atoms with Crippen LogP contribution >= 0.6 is 34.7 Å². The van der Waals surface area contributed by atoms with Crippen molar-refractivity contribution in [2.24, 2.45) is 5.84 Å². The molecule has 0 radical (unpaired) electrons. The SMILES string of the molecule is NNC(CSc1cccc(Cl)c1)Cc1cn2ccsc2n1. The summed E-state index contributed by atoms with van der Waals surface area (Å²) >= 11 is 9.36. The van der Waals surface area contributed by atoms with Crippen LogP contribution in [0.1, 0.15) is 5.69 Å². The van der Waals surface area contributed by atoms with Crippen LogP contribution in [-0.2, 0) is 6.42 Å². The van der Waals surface area contributed by atoms with E-state index in [1.165, 1.54) is 0 Å². The lowest BCUT2D eigenvalue weighted by molar-refractivity contribution is 0.570. The number of aromatic nitrogens is 2. The predicted molar refractivity (Wildman–Crippen MR) is 90.1 cm³/mol. The third-order valence-corrected chi connectivity index (χ3v) is 5.24. The van der Waals surface area contributed by atoms with Crippen molar-refractivity contribution in [2.75, 3.05) is 5.75 Å². The zero-order valence-electron chi connectivity index (χ0n) is 11.2. The number of hydrogen-bond donors (Lipinski definition) is 2. The van der Waals surface area contributed by atoms with E-state index in [9.17, 15) is 0 Å². The van der Waals surface area contributed by atoms with Crippen LogP contribution in [-0.4, -0.2) is 21.2 Å². The molecule has 3 aromatic rings. The average Bonchev–Trinajstić information content (AvgIpc) is 3.04. The molecule has 0 spiro atoms. The van der Waals surface area contributed by atoms with Crippen molar-refractivity contribution in [2.45, 2.75) is 17.4 Å². The summed E-state index contributed by atoms with van der Waals surface area (Å²) in [7, 11) is 0. The number of nitrogens with zero attached hydrogens (tertiary/aromatic N) is 2. The molecule has 110 valence electrons. The lowest BCUT2D eigenvalue weighted by Crippen LogP contribution is -2.38. The largest absolute Gasteiger partial charge is 0.297 e. The van der Waals surface area contributed by atoms with Crippen LogP contribution in [0.2, 0.25) is 5.02 Å². The Kier molecular flexibility index (Phi) is 4.82. The zero-order chi connectivity index (χ0) is 14.7. The monoisotopic (exact) mass is 338 g/mol. The third kappa shape index (κ3) is 3.78. The van der Waals surface area contributed by atoms with Crippen LogP contribution in [0.15, 0.2) is 46.9 Å². The number of rotatable bonds is 6. The van der Waals surface area contributed by atoms with Gasteiger partial charge in [-0.1, -0.05) is 17.7 Å². The number of hydrogen-bond acceptors (Lipinski definition) is 5. The van der Waals surface area contributed by atoms with Crippen LogP contribution in [0.25, 0.3) is 4.96 Å². The minimum Gasteiger partial charge on any atom is -0.297 e. The van der Waals surface area contributed by atoms with Crippen molar-refractivity contribution in [3.63, 3.8) is 0 Å². The third-order valence-electron chi connectivity index (χ3n) is 3.08. The summed E-state index contributed by atoms with van der Waals surface area (Å²) in [5.41, 5.74) is 3.92. The lowest BCUT2D eigenvalue weighted by atomic mass is 10.2. The van der Waals surface area contributed by atoms with E-state index in [-0.39, 0.29) is 6.04 Å². The van der Waals surface area contributed by atoms with Gasteiger partial charge >= 0.3 is 0 Å². The molecule has 1 atom stereocenters. The first-order valence-corrected chi connectivity index (χ1v) is 8.74. The number of nitrogens with one attached hydrogen (secondary N) is 1. The molecule has 0 aliphatic carbocycles. The number of benzene rings is 1. The van der Waals surface area contributed by atoms with Gasteiger partial charge in [-0.25, -0.2) is 4.98 Å². The van der Waals surface area contributed by atoms with Crippen molar-refractivity contribution in [1.82, 2.24) is 14.8 Å². The van der Waals surface area contributed by atoms with E-state index in [1.807, 2.05) is 34.2 Å². The van der Waals surface area contributed by atoms with Gasteiger partial charge in [-0.05, 0) is 18.2 Å². The van der Waals surface area contributed by atoms with Gasteiger partial charge in [0.25, 0.3) is 0 Å². The van der Waals surface area contributed by atoms with Gasteiger partial charge in [0.15, 0.2) is 4.96 Å². The highest BCUT2D eigenvalue weighted by Crippen LogP contribution is 2.23. The van der Waals surface area contributed by atoms with E-state index in [4.69, 9.17) is 17.4 Å².